The molecule has 4 rings (SSSR count). The summed E-state index contributed by atoms with van der Waals surface area (Å²) in [7, 11) is 1.42. The molecule has 0 unspecified atom stereocenters. The van der Waals surface area contributed by atoms with E-state index in [1.165, 1.54) is 31.2 Å². The summed E-state index contributed by atoms with van der Waals surface area (Å²) in [6.45, 7) is 2.23. The molecule has 0 aliphatic carbocycles. The van der Waals surface area contributed by atoms with Gasteiger partial charge in [-0.15, -0.1) is 0 Å². The van der Waals surface area contributed by atoms with Gasteiger partial charge in [-0.3, -0.25) is 0 Å². The van der Waals surface area contributed by atoms with E-state index in [4.69, 9.17) is 9.47 Å². The van der Waals surface area contributed by atoms with Crippen molar-refractivity contribution in [3.8, 4) is 33.8 Å². The highest BCUT2D eigenvalue weighted by molar-refractivity contribution is 5.66. The van der Waals surface area contributed by atoms with E-state index in [1.54, 1.807) is 18.2 Å². The van der Waals surface area contributed by atoms with Gasteiger partial charge in [0.1, 0.15) is 6.61 Å². The number of unbranched alkanes of at least 4 members (excludes halogenated alkanes) is 2. The maximum Gasteiger partial charge on any atom is 0.201 e. The number of ether oxygens (including phenoxy) is 2. The van der Waals surface area contributed by atoms with Crippen molar-refractivity contribution < 1.29 is 22.6 Å². The summed E-state index contributed by atoms with van der Waals surface area (Å²) in [6, 6.07) is 22.6. The molecule has 0 spiro atoms. The minimum absolute atomic E-state index is 0.0689. The number of methoxy groups -OCH3 is 1. The molecule has 0 saturated carbocycles. The Morgan fingerprint density at radius 1 is 0.639 bits per heavy atom. The van der Waals surface area contributed by atoms with Gasteiger partial charge in [0.25, 0.3) is 0 Å². The second-order valence-corrected chi connectivity index (χ2v) is 8.73. The van der Waals surface area contributed by atoms with Crippen molar-refractivity contribution in [2.45, 2.75) is 39.2 Å². The molecule has 0 amide bonds. The van der Waals surface area contributed by atoms with Crippen LogP contribution in [-0.2, 0) is 13.0 Å². The van der Waals surface area contributed by atoms with Gasteiger partial charge in [0.2, 0.25) is 5.82 Å². The molecule has 0 saturated heterocycles. The molecule has 2 nitrogen and oxygen atoms in total. The van der Waals surface area contributed by atoms with Gasteiger partial charge in [-0.05, 0) is 64.9 Å². The summed E-state index contributed by atoms with van der Waals surface area (Å²) in [6.07, 6.45) is 4.44. The summed E-state index contributed by atoms with van der Waals surface area (Å²) in [5, 5.41) is 0. The highest BCUT2D eigenvalue weighted by Gasteiger charge is 2.16. The zero-order chi connectivity index (χ0) is 25.5. The fraction of sp³-hybridized carbons (Fsp3) is 0.226. The molecule has 0 fully saturated rings. The van der Waals surface area contributed by atoms with Gasteiger partial charge >= 0.3 is 0 Å². The minimum atomic E-state index is -1.01. The van der Waals surface area contributed by atoms with Crippen LogP contribution in [0, 0.1) is 17.5 Å². The lowest BCUT2D eigenvalue weighted by molar-refractivity contribution is 0.285. The molecule has 186 valence electrons. The average Bonchev–Trinajstić information content (AvgIpc) is 2.90. The Morgan fingerprint density at radius 2 is 1.28 bits per heavy atom. The van der Waals surface area contributed by atoms with E-state index in [0.717, 1.165) is 30.4 Å². The first-order chi connectivity index (χ1) is 17.5. The number of hydrogen-bond acceptors (Lipinski definition) is 2. The van der Waals surface area contributed by atoms with Crippen LogP contribution in [-0.4, -0.2) is 7.11 Å². The third-order valence-electron chi connectivity index (χ3n) is 6.21. The Bertz CT molecular complexity index is 1300. The van der Waals surface area contributed by atoms with Gasteiger partial charge in [0.15, 0.2) is 23.1 Å². The van der Waals surface area contributed by atoms with Crippen LogP contribution < -0.4 is 9.47 Å². The zero-order valence-electron chi connectivity index (χ0n) is 20.5. The maximum absolute atomic E-state index is 14.9. The monoisotopic (exact) mass is 490 g/mol. The van der Waals surface area contributed by atoms with Crippen molar-refractivity contribution >= 4 is 0 Å². The Labute approximate surface area is 210 Å². The summed E-state index contributed by atoms with van der Waals surface area (Å²) < 4.78 is 54.1. The standard InChI is InChI=1S/C31H29F3O2/c1-3-4-5-6-21-7-13-24(14-8-21)26-16-18-29(31(34)30(26)33)36-20-22-9-11-23(12-10-22)25-15-17-28(35-2)27(32)19-25/h7-19H,3-6,20H2,1-2H3. The van der Waals surface area contributed by atoms with E-state index in [2.05, 4.69) is 6.92 Å². The van der Waals surface area contributed by atoms with E-state index in [9.17, 15) is 13.2 Å². The molecule has 0 radical (unpaired) electrons. The van der Waals surface area contributed by atoms with Crippen LogP contribution in [0.15, 0.2) is 78.9 Å². The molecule has 0 heterocycles. The van der Waals surface area contributed by atoms with E-state index in [1.807, 2.05) is 48.5 Å². The highest BCUT2D eigenvalue weighted by atomic mass is 19.2. The first-order valence-corrected chi connectivity index (χ1v) is 12.1. The van der Waals surface area contributed by atoms with Gasteiger partial charge in [-0.2, -0.15) is 4.39 Å². The minimum Gasteiger partial charge on any atom is -0.494 e. The topological polar surface area (TPSA) is 18.5 Å². The van der Waals surface area contributed by atoms with Gasteiger partial charge in [-0.25, -0.2) is 8.78 Å². The summed E-state index contributed by atoms with van der Waals surface area (Å²) in [5.41, 5.74) is 4.32. The molecule has 0 aromatic heterocycles. The molecule has 4 aromatic rings. The zero-order valence-corrected chi connectivity index (χ0v) is 20.5. The summed E-state index contributed by atoms with van der Waals surface area (Å²) in [4.78, 5) is 0. The van der Waals surface area contributed by atoms with Crippen LogP contribution in [0.25, 0.3) is 22.3 Å². The molecular formula is C31H29F3O2. The number of rotatable bonds is 10. The largest absolute Gasteiger partial charge is 0.494 e. The molecular weight excluding hydrogens is 461 g/mol. The van der Waals surface area contributed by atoms with E-state index < -0.39 is 17.5 Å². The molecule has 0 aliphatic heterocycles. The molecule has 0 N–H and O–H groups in total. The van der Waals surface area contributed by atoms with Crippen LogP contribution in [0.1, 0.15) is 37.3 Å². The maximum atomic E-state index is 14.9. The second-order valence-electron chi connectivity index (χ2n) is 8.73. The highest BCUT2D eigenvalue weighted by Crippen LogP contribution is 2.31. The van der Waals surface area contributed by atoms with Crippen LogP contribution in [0.2, 0.25) is 0 Å². The molecule has 0 atom stereocenters. The summed E-state index contributed by atoms with van der Waals surface area (Å²) >= 11 is 0. The second kappa shape index (κ2) is 11.8. The normalized spacial score (nSPS) is 10.9. The number of aryl methyl sites for hydroxylation is 1. The molecule has 36 heavy (non-hydrogen) atoms. The quantitative estimate of drug-likeness (QED) is 0.207. The van der Waals surface area contributed by atoms with Crippen molar-refractivity contribution in [1.82, 2.24) is 0 Å². The number of halogens is 3. The first kappa shape index (κ1) is 25.4. The van der Waals surface area contributed by atoms with Crippen LogP contribution in [0.4, 0.5) is 13.2 Å². The third-order valence-corrected chi connectivity index (χ3v) is 6.21. The van der Waals surface area contributed by atoms with E-state index >= 15 is 0 Å². The number of benzene rings is 4. The van der Waals surface area contributed by atoms with Crippen LogP contribution in [0.3, 0.4) is 0 Å². The fourth-order valence-corrected chi connectivity index (χ4v) is 4.10. The predicted molar refractivity (Wildman–Crippen MR) is 138 cm³/mol. The van der Waals surface area contributed by atoms with Crippen molar-refractivity contribution in [3.63, 3.8) is 0 Å². The molecule has 0 aliphatic rings. The molecule has 0 bridgehead atoms. The lowest BCUT2D eigenvalue weighted by Crippen LogP contribution is -2.00. The predicted octanol–water partition coefficient (Wildman–Crippen LogP) is 8.76. The smallest absolute Gasteiger partial charge is 0.201 e. The van der Waals surface area contributed by atoms with Gasteiger partial charge in [0, 0.05) is 5.56 Å². The first-order valence-electron chi connectivity index (χ1n) is 12.1. The molecule has 5 heteroatoms. The van der Waals surface area contributed by atoms with Crippen LogP contribution >= 0.6 is 0 Å². The summed E-state index contributed by atoms with van der Waals surface area (Å²) in [5.74, 6) is -2.34. The number of hydrogen-bond donors (Lipinski definition) is 0. The van der Waals surface area contributed by atoms with Crippen LogP contribution in [0.5, 0.6) is 11.5 Å². The van der Waals surface area contributed by atoms with E-state index in [0.29, 0.717) is 11.1 Å². The van der Waals surface area contributed by atoms with Crippen molar-refractivity contribution in [2.75, 3.05) is 7.11 Å². The van der Waals surface area contributed by atoms with Gasteiger partial charge in [0.05, 0.1) is 7.11 Å². The Kier molecular flexibility index (Phi) is 8.32. The SMILES string of the molecule is CCCCCc1ccc(-c2ccc(OCc3ccc(-c4ccc(OC)c(F)c4)cc3)c(F)c2F)cc1. The van der Waals surface area contributed by atoms with Crippen molar-refractivity contribution in [1.29, 1.82) is 0 Å². The third kappa shape index (κ3) is 5.91. The van der Waals surface area contributed by atoms with Crippen molar-refractivity contribution in [3.05, 3.63) is 107 Å². The Balaban J connectivity index is 1.41. The lowest BCUT2D eigenvalue weighted by Gasteiger charge is -2.12. The van der Waals surface area contributed by atoms with Crippen molar-refractivity contribution in [2.24, 2.45) is 0 Å². The molecule has 4 aromatic carbocycles. The van der Waals surface area contributed by atoms with Gasteiger partial charge in [-0.1, -0.05) is 74.4 Å². The Morgan fingerprint density at radius 3 is 1.94 bits per heavy atom. The Hall–Kier alpha value is -3.73. The fourth-order valence-electron chi connectivity index (χ4n) is 4.10. The van der Waals surface area contributed by atoms with Gasteiger partial charge < -0.3 is 9.47 Å². The lowest BCUT2D eigenvalue weighted by atomic mass is 10.0. The van der Waals surface area contributed by atoms with E-state index in [-0.39, 0.29) is 23.7 Å². The average molecular weight is 491 g/mol.